The molecular formula is C16H20F2N2. The molecule has 1 aromatic carbocycles. The zero-order valence-electron chi connectivity index (χ0n) is 12.3. The molecule has 0 aliphatic rings. The van der Waals surface area contributed by atoms with Crippen molar-refractivity contribution in [2.24, 2.45) is 0 Å². The average molecular weight is 278 g/mol. The monoisotopic (exact) mass is 278 g/mol. The summed E-state index contributed by atoms with van der Waals surface area (Å²) in [5.74, 6) is -0.468. The molecule has 0 radical (unpaired) electrons. The van der Waals surface area contributed by atoms with Gasteiger partial charge in [0.05, 0.1) is 5.52 Å². The van der Waals surface area contributed by atoms with Crippen LogP contribution in [0.2, 0.25) is 0 Å². The van der Waals surface area contributed by atoms with Crippen molar-refractivity contribution in [2.75, 3.05) is 11.9 Å². The number of fused-ring (bicyclic) bond motifs is 1. The fourth-order valence-electron chi connectivity index (χ4n) is 2.15. The van der Waals surface area contributed by atoms with Crippen LogP contribution in [0.15, 0.2) is 18.2 Å². The van der Waals surface area contributed by atoms with E-state index in [0.717, 1.165) is 24.6 Å². The van der Waals surface area contributed by atoms with Gasteiger partial charge >= 0.3 is 0 Å². The molecule has 2 rings (SSSR count). The van der Waals surface area contributed by atoms with Crippen molar-refractivity contribution >= 4 is 16.7 Å². The van der Waals surface area contributed by atoms with Gasteiger partial charge in [-0.2, -0.15) is 0 Å². The largest absolute Gasteiger partial charge is 0.370 e. The SMILES string of the molecule is CCCNc1nc2cc(F)cc(F)c2cc1C(C)(C)C. The van der Waals surface area contributed by atoms with Crippen LogP contribution in [0.5, 0.6) is 0 Å². The number of nitrogens with one attached hydrogen (secondary N) is 1. The summed E-state index contributed by atoms with van der Waals surface area (Å²) in [6.45, 7) is 8.99. The van der Waals surface area contributed by atoms with Gasteiger partial charge < -0.3 is 5.32 Å². The van der Waals surface area contributed by atoms with E-state index in [9.17, 15) is 8.78 Å². The van der Waals surface area contributed by atoms with E-state index in [1.807, 2.05) is 0 Å². The minimum absolute atomic E-state index is 0.169. The molecule has 0 bridgehead atoms. The second kappa shape index (κ2) is 5.35. The summed E-state index contributed by atoms with van der Waals surface area (Å²) in [4.78, 5) is 4.41. The molecule has 0 amide bonds. The molecule has 108 valence electrons. The van der Waals surface area contributed by atoms with E-state index in [0.29, 0.717) is 16.7 Å². The molecule has 2 aromatic rings. The third-order valence-electron chi connectivity index (χ3n) is 3.20. The first-order valence-electron chi connectivity index (χ1n) is 6.87. The number of benzene rings is 1. The fraction of sp³-hybridized carbons (Fsp3) is 0.438. The predicted molar refractivity (Wildman–Crippen MR) is 79.1 cm³/mol. The molecule has 0 saturated heterocycles. The normalized spacial score (nSPS) is 11.9. The van der Waals surface area contributed by atoms with Crippen LogP contribution in [0.4, 0.5) is 14.6 Å². The first kappa shape index (κ1) is 14.7. The van der Waals surface area contributed by atoms with E-state index in [1.165, 1.54) is 6.07 Å². The summed E-state index contributed by atoms with van der Waals surface area (Å²) in [6.07, 6.45) is 0.959. The molecule has 1 aromatic heterocycles. The van der Waals surface area contributed by atoms with Gasteiger partial charge in [0.25, 0.3) is 0 Å². The van der Waals surface area contributed by atoms with Crippen LogP contribution in [-0.2, 0) is 5.41 Å². The zero-order chi connectivity index (χ0) is 14.9. The van der Waals surface area contributed by atoms with Crippen molar-refractivity contribution in [1.82, 2.24) is 4.98 Å². The summed E-state index contributed by atoms with van der Waals surface area (Å²) in [7, 11) is 0. The molecule has 1 N–H and O–H groups in total. The maximum absolute atomic E-state index is 13.9. The number of nitrogens with zero attached hydrogens (tertiary/aromatic N) is 1. The molecule has 0 aliphatic carbocycles. The Morgan fingerprint density at radius 3 is 2.45 bits per heavy atom. The van der Waals surface area contributed by atoms with Crippen LogP contribution >= 0.6 is 0 Å². The van der Waals surface area contributed by atoms with Crippen LogP contribution in [0.1, 0.15) is 39.7 Å². The lowest BCUT2D eigenvalue weighted by Gasteiger charge is -2.23. The molecule has 0 unspecified atom stereocenters. The topological polar surface area (TPSA) is 24.9 Å². The average Bonchev–Trinajstić information content (AvgIpc) is 2.33. The Balaban J connectivity index is 2.68. The summed E-state index contributed by atoms with van der Waals surface area (Å²) in [6, 6.07) is 3.94. The molecule has 0 atom stereocenters. The number of pyridine rings is 1. The summed E-state index contributed by atoms with van der Waals surface area (Å²) in [5, 5.41) is 3.60. The van der Waals surface area contributed by atoms with Gasteiger partial charge in [-0.1, -0.05) is 27.7 Å². The van der Waals surface area contributed by atoms with Gasteiger partial charge in [-0.05, 0) is 17.9 Å². The second-order valence-corrected chi connectivity index (χ2v) is 6.02. The number of anilines is 1. The van der Waals surface area contributed by atoms with Crippen molar-refractivity contribution in [3.63, 3.8) is 0 Å². The van der Waals surface area contributed by atoms with Gasteiger partial charge in [0.2, 0.25) is 0 Å². The summed E-state index contributed by atoms with van der Waals surface area (Å²) >= 11 is 0. The molecule has 0 spiro atoms. The van der Waals surface area contributed by atoms with Gasteiger partial charge in [-0.25, -0.2) is 13.8 Å². The maximum atomic E-state index is 13.9. The standard InChI is InChI=1S/C16H20F2N2/c1-5-6-19-15-12(16(2,3)4)9-11-13(18)7-10(17)8-14(11)20-15/h7-9H,5-6H2,1-4H3,(H,19,20). The van der Waals surface area contributed by atoms with Crippen molar-refractivity contribution in [2.45, 2.75) is 39.5 Å². The highest BCUT2D eigenvalue weighted by molar-refractivity contribution is 5.83. The molecule has 2 nitrogen and oxygen atoms in total. The molecular weight excluding hydrogens is 258 g/mol. The Bertz CT molecular complexity index is 630. The van der Waals surface area contributed by atoms with E-state index in [-0.39, 0.29) is 5.41 Å². The van der Waals surface area contributed by atoms with Crippen molar-refractivity contribution in [1.29, 1.82) is 0 Å². The molecule has 4 heteroatoms. The van der Waals surface area contributed by atoms with Crippen molar-refractivity contribution in [3.05, 3.63) is 35.4 Å². The van der Waals surface area contributed by atoms with Crippen LogP contribution in [0.25, 0.3) is 10.9 Å². The Labute approximate surface area is 118 Å². The highest BCUT2D eigenvalue weighted by Crippen LogP contribution is 2.32. The first-order valence-corrected chi connectivity index (χ1v) is 6.87. The van der Waals surface area contributed by atoms with E-state index < -0.39 is 11.6 Å². The van der Waals surface area contributed by atoms with Gasteiger partial charge in [-0.3, -0.25) is 0 Å². The lowest BCUT2D eigenvalue weighted by Crippen LogP contribution is -2.17. The Morgan fingerprint density at radius 2 is 1.85 bits per heavy atom. The van der Waals surface area contributed by atoms with E-state index in [2.05, 4.69) is 38.0 Å². The number of rotatable bonds is 3. The number of aromatic nitrogens is 1. The predicted octanol–water partition coefficient (Wildman–Crippen LogP) is 4.63. The lowest BCUT2D eigenvalue weighted by molar-refractivity contribution is 0.584. The van der Waals surface area contributed by atoms with Crippen LogP contribution in [-0.4, -0.2) is 11.5 Å². The molecule has 20 heavy (non-hydrogen) atoms. The summed E-state index contributed by atoms with van der Waals surface area (Å²) < 4.78 is 27.2. The van der Waals surface area contributed by atoms with Crippen molar-refractivity contribution in [3.8, 4) is 0 Å². The number of halogens is 2. The Morgan fingerprint density at radius 1 is 1.15 bits per heavy atom. The Hall–Kier alpha value is -1.71. The molecule has 0 fully saturated rings. The van der Waals surface area contributed by atoms with Crippen molar-refractivity contribution < 1.29 is 8.78 Å². The zero-order valence-corrected chi connectivity index (χ0v) is 12.3. The smallest absolute Gasteiger partial charge is 0.135 e. The number of hydrogen-bond acceptors (Lipinski definition) is 2. The molecule has 0 saturated carbocycles. The quantitative estimate of drug-likeness (QED) is 0.885. The number of hydrogen-bond donors (Lipinski definition) is 1. The van der Waals surface area contributed by atoms with Gasteiger partial charge in [0.1, 0.15) is 17.5 Å². The third-order valence-corrected chi connectivity index (χ3v) is 3.20. The van der Waals surface area contributed by atoms with E-state index in [1.54, 1.807) is 6.07 Å². The molecule has 1 heterocycles. The van der Waals surface area contributed by atoms with Crippen LogP contribution in [0, 0.1) is 11.6 Å². The highest BCUT2D eigenvalue weighted by Gasteiger charge is 2.21. The van der Waals surface area contributed by atoms with Gasteiger partial charge in [0.15, 0.2) is 0 Å². The highest BCUT2D eigenvalue weighted by atomic mass is 19.1. The van der Waals surface area contributed by atoms with Crippen LogP contribution < -0.4 is 5.32 Å². The van der Waals surface area contributed by atoms with E-state index in [4.69, 9.17) is 0 Å². The minimum Gasteiger partial charge on any atom is -0.370 e. The Kier molecular flexibility index (Phi) is 3.93. The third kappa shape index (κ3) is 2.89. The van der Waals surface area contributed by atoms with Gasteiger partial charge in [-0.15, -0.1) is 0 Å². The van der Waals surface area contributed by atoms with E-state index >= 15 is 0 Å². The second-order valence-electron chi connectivity index (χ2n) is 6.02. The van der Waals surface area contributed by atoms with Gasteiger partial charge in [0, 0.05) is 29.6 Å². The lowest BCUT2D eigenvalue weighted by atomic mass is 9.86. The maximum Gasteiger partial charge on any atom is 0.135 e. The summed E-state index contributed by atoms with van der Waals surface area (Å²) in [5.41, 5.74) is 1.11. The van der Waals surface area contributed by atoms with Crippen LogP contribution in [0.3, 0.4) is 0 Å². The molecule has 0 aliphatic heterocycles. The fourth-order valence-corrected chi connectivity index (χ4v) is 2.15. The minimum atomic E-state index is -0.604. The first-order chi connectivity index (χ1) is 9.32.